The average molecular weight is 311 g/mol. The van der Waals surface area contributed by atoms with Crippen LogP contribution in [0.5, 0.6) is 0 Å². The molecule has 1 aromatic rings. The summed E-state index contributed by atoms with van der Waals surface area (Å²) in [5.74, 6) is 0.706. The topological polar surface area (TPSA) is 17.8 Å². The smallest absolute Gasteiger partial charge is 0.108 e. The van der Waals surface area contributed by atoms with Crippen molar-refractivity contribution in [3.05, 3.63) is 16.6 Å². The van der Waals surface area contributed by atoms with Crippen molar-refractivity contribution in [2.24, 2.45) is 0 Å². The lowest BCUT2D eigenvalue weighted by molar-refractivity contribution is 0.348. The van der Waals surface area contributed by atoms with Crippen molar-refractivity contribution in [1.82, 2.24) is 9.55 Å². The van der Waals surface area contributed by atoms with Crippen LogP contribution in [-0.2, 0) is 0 Å². The van der Waals surface area contributed by atoms with Crippen molar-refractivity contribution in [3.8, 4) is 0 Å². The Morgan fingerprint density at radius 3 is 2.22 bits per heavy atom. The third-order valence-electron chi connectivity index (χ3n) is 4.72. The molecule has 0 aromatic carbocycles. The predicted molar refractivity (Wildman–Crippen MR) is 77.9 cm³/mol. The molecule has 0 atom stereocenters. The van der Waals surface area contributed by atoms with E-state index in [4.69, 9.17) is 4.98 Å². The molecule has 18 heavy (non-hydrogen) atoms. The Morgan fingerprint density at radius 1 is 0.944 bits per heavy atom. The van der Waals surface area contributed by atoms with Crippen LogP contribution < -0.4 is 0 Å². The third-order valence-corrected chi connectivity index (χ3v) is 5.53. The zero-order valence-corrected chi connectivity index (χ0v) is 12.7. The highest BCUT2D eigenvalue weighted by molar-refractivity contribution is 9.10. The van der Waals surface area contributed by atoms with Crippen LogP contribution in [0.3, 0.4) is 0 Å². The van der Waals surface area contributed by atoms with Crippen molar-refractivity contribution in [2.75, 3.05) is 0 Å². The first-order chi connectivity index (χ1) is 8.86. The number of hydrogen-bond acceptors (Lipinski definition) is 1. The summed E-state index contributed by atoms with van der Waals surface area (Å²) in [6.45, 7) is 0. The molecule has 2 nitrogen and oxygen atoms in total. The lowest BCUT2D eigenvalue weighted by Crippen LogP contribution is -2.12. The maximum atomic E-state index is 4.73. The van der Waals surface area contributed by atoms with E-state index in [1.807, 2.05) is 0 Å². The molecule has 0 unspecified atom stereocenters. The quantitative estimate of drug-likeness (QED) is 0.734. The lowest BCUT2D eigenvalue weighted by Gasteiger charge is -2.25. The van der Waals surface area contributed by atoms with Gasteiger partial charge in [-0.15, -0.1) is 0 Å². The van der Waals surface area contributed by atoms with Gasteiger partial charge in [0.2, 0.25) is 0 Å². The number of nitrogens with zero attached hydrogens (tertiary/aromatic N) is 2. The van der Waals surface area contributed by atoms with E-state index in [0.717, 1.165) is 0 Å². The molecule has 2 fully saturated rings. The minimum atomic E-state index is 0.693. The van der Waals surface area contributed by atoms with Gasteiger partial charge in [0.25, 0.3) is 0 Å². The minimum absolute atomic E-state index is 0.693. The Bertz CT molecular complexity index is 352. The summed E-state index contributed by atoms with van der Waals surface area (Å²) >= 11 is 3.82. The van der Waals surface area contributed by atoms with Gasteiger partial charge in [0.1, 0.15) is 4.60 Å². The van der Waals surface area contributed by atoms with Crippen LogP contribution in [0.2, 0.25) is 0 Å². The molecule has 1 heterocycles. The molecular formula is C15H23BrN2. The van der Waals surface area contributed by atoms with Gasteiger partial charge in [-0.1, -0.05) is 38.5 Å². The van der Waals surface area contributed by atoms with E-state index in [-0.39, 0.29) is 0 Å². The SMILES string of the molecule is Brc1c(C2CCCCC2)ncn1C1CCCCC1. The van der Waals surface area contributed by atoms with E-state index in [2.05, 4.69) is 26.8 Å². The number of hydrogen-bond donors (Lipinski definition) is 0. The van der Waals surface area contributed by atoms with E-state index in [1.165, 1.54) is 74.5 Å². The van der Waals surface area contributed by atoms with Gasteiger partial charge in [0, 0.05) is 12.0 Å². The fraction of sp³-hybridized carbons (Fsp3) is 0.800. The second-order valence-electron chi connectivity index (χ2n) is 5.95. The molecule has 3 heteroatoms. The highest BCUT2D eigenvalue weighted by atomic mass is 79.9. The summed E-state index contributed by atoms with van der Waals surface area (Å²) in [5, 5.41) is 0. The fourth-order valence-corrected chi connectivity index (χ4v) is 4.43. The van der Waals surface area contributed by atoms with Crippen molar-refractivity contribution < 1.29 is 0 Å². The Labute approximate surface area is 118 Å². The van der Waals surface area contributed by atoms with Crippen molar-refractivity contribution in [3.63, 3.8) is 0 Å². The monoisotopic (exact) mass is 310 g/mol. The van der Waals surface area contributed by atoms with E-state index in [9.17, 15) is 0 Å². The largest absolute Gasteiger partial charge is 0.322 e. The number of halogens is 1. The molecule has 0 radical (unpaired) electrons. The van der Waals surface area contributed by atoms with Crippen LogP contribution in [0.25, 0.3) is 0 Å². The molecule has 1 aromatic heterocycles. The van der Waals surface area contributed by atoms with Gasteiger partial charge in [-0.2, -0.15) is 0 Å². The van der Waals surface area contributed by atoms with Gasteiger partial charge in [0.05, 0.1) is 12.0 Å². The minimum Gasteiger partial charge on any atom is -0.322 e. The van der Waals surface area contributed by atoms with Gasteiger partial charge >= 0.3 is 0 Å². The number of aromatic nitrogens is 2. The normalized spacial score (nSPS) is 23.4. The van der Waals surface area contributed by atoms with Gasteiger partial charge in [0.15, 0.2) is 0 Å². The van der Waals surface area contributed by atoms with Crippen LogP contribution in [0, 0.1) is 0 Å². The Balaban J connectivity index is 1.78. The molecule has 0 amide bonds. The molecule has 2 aliphatic rings. The summed E-state index contributed by atoms with van der Waals surface area (Å²) in [4.78, 5) is 4.73. The molecule has 3 rings (SSSR count). The van der Waals surface area contributed by atoms with E-state index in [1.54, 1.807) is 0 Å². The fourth-order valence-electron chi connectivity index (χ4n) is 3.62. The summed E-state index contributed by atoms with van der Waals surface area (Å²) in [6.07, 6.45) is 15.8. The zero-order valence-electron chi connectivity index (χ0n) is 11.1. The van der Waals surface area contributed by atoms with E-state index >= 15 is 0 Å². The third kappa shape index (κ3) is 2.52. The summed E-state index contributed by atoms with van der Waals surface area (Å²) in [6, 6.07) is 0.693. The van der Waals surface area contributed by atoms with Crippen molar-refractivity contribution in [1.29, 1.82) is 0 Å². The first-order valence-corrected chi connectivity index (χ1v) is 8.38. The second kappa shape index (κ2) is 5.77. The van der Waals surface area contributed by atoms with Gasteiger partial charge in [-0.3, -0.25) is 0 Å². The number of rotatable bonds is 2. The van der Waals surface area contributed by atoms with Crippen LogP contribution in [0.1, 0.15) is 81.9 Å². The average Bonchev–Trinajstić information content (AvgIpc) is 2.83. The Morgan fingerprint density at radius 2 is 1.56 bits per heavy atom. The Hall–Kier alpha value is -0.310. The molecule has 0 N–H and O–H groups in total. The molecule has 0 spiro atoms. The first kappa shape index (κ1) is 12.7. The van der Waals surface area contributed by atoms with Crippen LogP contribution in [-0.4, -0.2) is 9.55 Å². The van der Waals surface area contributed by atoms with E-state index < -0.39 is 0 Å². The van der Waals surface area contributed by atoms with Gasteiger partial charge in [-0.05, 0) is 41.6 Å². The second-order valence-corrected chi connectivity index (χ2v) is 6.71. The molecular weight excluding hydrogens is 288 g/mol. The molecule has 2 saturated carbocycles. The molecule has 2 aliphatic carbocycles. The summed E-state index contributed by atoms with van der Waals surface area (Å²) in [5.41, 5.74) is 1.33. The maximum Gasteiger partial charge on any atom is 0.108 e. The van der Waals surface area contributed by atoms with Crippen molar-refractivity contribution >= 4 is 15.9 Å². The molecule has 0 bridgehead atoms. The highest BCUT2D eigenvalue weighted by Gasteiger charge is 2.24. The van der Waals surface area contributed by atoms with Crippen molar-refractivity contribution in [2.45, 2.75) is 76.2 Å². The first-order valence-electron chi connectivity index (χ1n) is 7.58. The molecule has 0 saturated heterocycles. The molecule has 100 valence electrons. The Kier molecular flexibility index (Phi) is 4.07. The zero-order chi connectivity index (χ0) is 12.4. The number of imidazole rings is 1. The van der Waals surface area contributed by atoms with E-state index in [0.29, 0.717) is 12.0 Å². The summed E-state index contributed by atoms with van der Waals surface area (Å²) in [7, 11) is 0. The summed E-state index contributed by atoms with van der Waals surface area (Å²) < 4.78 is 3.68. The van der Waals surface area contributed by atoms with Gasteiger partial charge in [-0.25, -0.2) is 4.98 Å². The standard InChI is InChI=1S/C15H23BrN2/c16-15-14(12-7-3-1-4-8-12)17-11-18(15)13-9-5-2-6-10-13/h11-13H,1-10H2. The van der Waals surface area contributed by atoms with Crippen LogP contribution in [0.15, 0.2) is 10.9 Å². The predicted octanol–water partition coefficient (Wildman–Crippen LogP) is 5.20. The maximum absolute atomic E-state index is 4.73. The highest BCUT2D eigenvalue weighted by Crippen LogP contribution is 2.38. The van der Waals surface area contributed by atoms with Crippen LogP contribution >= 0.6 is 15.9 Å². The van der Waals surface area contributed by atoms with Gasteiger partial charge < -0.3 is 4.57 Å². The van der Waals surface area contributed by atoms with Crippen LogP contribution in [0.4, 0.5) is 0 Å². The molecule has 0 aliphatic heterocycles. The lowest BCUT2D eigenvalue weighted by atomic mass is 9.87.